The molecule has 5 heteroatoms. The van der Waals surface area contributed by atoms with Gasteiger partial charge in [0.05, 0.1) is 5.69 Å². The van der Waals surface area contributed by atoms with Gasteiger partial charge in [0.25, 0.3) is 0 Å². The number of oxazole rings is 1. The first kappa shape index (κ1) is 9.98. The molecule has 0 amide bonds. The summed E-state index contributed by atoms with van der Waals surface area (Å²) in [6, 6.07) is 0. The summed E-state index contributed by atoms with van der Waals surface area (Å²) < 4.78 is 10.1. The molecular formula is C8H13NO3Si. The van der Waals surface area contributed by atoms with Gasteiger partial charge in [-0.3, -0.25) is 0 Å². The van der Waals surface area contributed by atoms with Crippen LogP contribution < -0.4 is 0 Å². The maximum absolute atomic E-state index is 11.4. The molecule has 0 bridgehead atoms. The molecule has 0 spiro atoms. The van der Waals surface area contributed by atoms with E-state index in [9.17, 15) is 4.79 Å². The van der Waals surface area contributed by atoms with Gasteiger partial charge in [-0.1, -0.05) is 0 Å². The van der Waals surface area contributed by atoms with Crippen molar-refractivity contribution < 1.29 is 13.6 Å². The molecule has 0 aliphatic carbocycles. The molecule has 0 unspecified atom stereocenters. The number of aromatic nitrogens is 1. The van der Waals surface area contributed by atoms with Crippen molar-refractivity contribution in [2.45, 2.75) is 26.6 Å². The van der Waals surface area contributed by atoms with E-state index in [1.54, 1.807) is 6.92 Å². The van der Waals surface area contributed by atoms with E-state index in [-0.39, 0.29) is 5.76 Å². The Morgan fingerprint density at radius 3 is 2.54 bits per heavy atom. The van der Waals surface area contributed by atoms with Crippen LogP contribution in [0, 0.1) is 6.92 Å². The number of hydrogen-bond acceptors (Lipinski definition) is 4. The van der Waals surface area contributed by atoms with Crippen LogP contribution in [0.25, 0.3) is 0 Å². The zero-order chi connectivity index (χ0) is 10.1. The van der Waals surface area contributed by atoms with Gasteiger partial charge in [0.2, 0.25) is 14.1 Å². The van der Waals surface area contributed by atoms with E-state index in [0.29, 0.717) is 5.69 Å². The lowest BCUT2D eigenvalue weighted by atomic mass is 10.4. The number of carbonyl (C=O) groups excluding carboxylic acids is 1. The first-order valence-corrected chi connectivity index (χ1v) is 7.44. The smallest absolute Gasteiger partial charge is 0.362 e. The summed E-state index contributed by atoms with van der Waals surface area (Å²) in [6.45, 7) is 7.54. The average Bonchev–Trinajstić information content (AvgIpc) is 2.30. The first-order chi connectivity index (χ1) is 5.90. The van der Waals surface area contributed by atoms with E-state index in [1.165, 1.54) is 6.39 Å². The van der Waals surface area contributed by atoms with Crippen LogP contribution in [0.5, 0.6) is 0 Å². The van der Waals surface area contributed by atoms with Crippen LogP contribution in [0.15, 0.2) is 10.8 Å². The highest BCUT2D eigenvalue weighted by Crippen LogP contribution is 2.11. The lowest BCUT2D eigenvalue weighted by Gasteiger charge is -2.15. The topological polar surface area (TPSA) is 52.3 Å². The summed E-state index contributed by atoms with van der Waals surface area (Å²) >= 11 is 0. The van der Waals surface area contributed by atoms with Crippen molar-refractivity contribution in [1.29, 1.82) is 0 Å². The second-order valence-electron chi connectivity index (χ2n) is 3.77. The number of rotatable bonds is 2. The van der Waals surface area contributed by atoms with E-state index in [0.717, 1.165) is 0 Å². The molecule has 0 aliphatic heterocycles. The second kappa shape index (κ2) is 3.33. The van der Waals surface area contributed by atoms with Crippen molar-refractivity contribution in [3.05, 3.63) is 17.8 Å². The Kier molecular flexibility index (Phi) is 2.56. The van der Waals surface area contributed by atoms with Gasteiger partial charge < -0.3 is 8.84 Å². The van der Waals surface area contributed by atoms with Crippen molar-refractivity contribution in [3.8, 4) is 0 Å². The number of hydrogen-bond donors (Lipinski definition) is 0. The quantitative estimate of drug-likeness (QED) is 0.683. The van der Waals surface area contributed by atoms with Crippen LogP contribution in [0.1, 0.15) is 16.2 Å². The maximum atomic E-state index is 11.4. The number of carbonyl (C=O) groups is 1. The second-order valence-corrected chi connectivity index (χ2v) is 8.20. The van der Waals surface area contributed by atoms with Gasteiger partial charge in [0.1, 0.15) is 0 Å². The average molecular weight is 199 g/mol. The third-order valence-electron chi connectivity index (χ3n) is 1.33. The highest BCUT2D eigenvalue weighted by Gasteiger charge is 2.24. The SMILES string of the molecule is Cc1ncoc1C(=O)O[Si](C)(C)C. The standard InChI is InChI=1S/C8H13NO3Si/c1-6-7(11-5-9-6)8(10)12-13(2,3)4/h5H,1-4H3. The Morgan fingerprint density at radius 1 is 1.54 bits per heavy atom. The van der Waals surface area contributed by atoms with Crippen molar-refractivity contribution in [3.63, 3.8) is 0 Å². The molecule has 0 atom stereocenters. The summed E-state index contributed by atoms with van der Waals surface area (Å²) in [5.74, 6) is -0.198. The Morgan fingerprint density at radius 2 is 2.15 bits per heavy atom. The zero-order valence-corrected chi connectivity index (χ0v) is 9.25. The van der Waals surface area contributed by atoms with Crippen LogP contribution in [0.3, 0.4) is 0 Å². The maximum Gasteiger partial charge on any atom is 0.362 e. The molecule has 1 heterocycles. The summed E-state index contributed by atoms with van der Waals surface area (Å²) in [4.78, 5) is 15.2. The van der Waals surface area contributed by atoms with E-state index in [1.807, 2.05) is 19.6 Å². The molecule has 1 rings (SSSR count). The fourth-order valence-corrected chi connectivity index (χ4v) is 1.47. The monoisotopic (exact) mass is 199 g/mol. The Bertz CT molecular complexity index is 313. The molecule has 4 nitrogen and oxygen atoms in total. The van der Waals surface area contributed by atoms with Crippen molar-refractivity contribution in [1.82, 2.24) is 4.98 Å². The summed E-state index contributed by atoms with van der Waals surface area (Å²) in [5, 5.41) is 0. The molecular weight excluding hydrogens is 186 g/mol. The minimum absolute atomic E-state index is 0.211. The van der Waals surface area contributed by atoms with Crippen LogP contribution in [-0.4, -0.2) is 19.3 Å². The Balaban J connectivity index is 2.76. The van der Waals surface area contributed by atoms with Crippen LogP contribution in [0.4, 0.5) is 0 Å². The predicted molar refractivity (Wildman–Crippen MR) is 50.0 cm³/mol. The van der Waals surface area contributed by atoms with E-state index in [4.69, 9.17) is 8.84 Å². The molecule has 0 aromatic carbocycles. The largest absolute Gasteiger partial charge is 0.514 e. The lowest BCUT2D eigenvalue weighted by Crippen LogP contribution is -2.29. The van der Waals surface area contributed by atoms with E-state index in [2.05, 4.69) is 4.98 Å². The van der Waals surface area contributed by atoms with Crippen LogP contribution >= 0.6 is 0 Å². The molecule has 0 fully saturated rings. The molecule has 0 saturated heterocycles. The van der Waals surface area contributed by atoms with Crippen molar-refractivity contribution in [2.75, 3.05) is 0 Å². The van der Waals surface area contributed by atoms with Gasteiger partial charge in [-0.15, -0.1) is 0 Å². The molecule has 0 aliphatic rings. The predicted octanol–water partition coefficient (Wildman–Crippen LogP) is 1.97. The van der Waals surface area contributed by atoms with Gasteiger partial charge in [0, 0.05) is 0 Å². The van der Waals surface area contributed by atoms with Gasteiger partial charge >= 0.3 is 5.97 Å². The third-order valence-corrected chi connectivity index (χ3v) is 2.13. The van der Waals surface area contributed by atoms with Gasteiger partial charge in [-0.25, -0.2) is 9.78 Å². The summed E-state index contributed by atoms with van der Waals surface area (Å²) in [6.07, 6.45) is 1.25. The number of nitrogens with zero attached hydrogens (tertiary/aromatic N) is 1. The molecule has 0 N–H and O–H groups in total. The third kappa shape index (κ3) is 2.69. The van der Waals surface area contributed by atoms with Crippen LogP contribution in [-0.2, 0) is 4.43 Å². The molecule has 1 aromatic heterocycles. The zero-order valence-electron chi connectivity index (χ0n) is 8.25. The van der Waals surface area contributed by atoms with E-state index >= 15 is 0 Å². The van der Waals surface area contributed by atoms with E-state index < -0.39 is 14.3 Å². The minimum Gasteiger partial charge on any atom is -0.514 e. The van der Waals surface area contributed by atoms with Gasteiger partial charge in [0.15, 0.2) is 6.39 Å². The Labute approximate surface area is 78.0 Å². The molecule has 1 aromatic rings. The fraction of sp³-hybridized carbons (Fsp3) is 0.500. The normalized spacial score (nSPS) is 11.4. The van der Waals surface area contributed by atoms with Gasteiger partial charge in [-0.05, 0) is 26.6 Å². The highest BCUT2D eigenvalue weighted by molar-refractivity contribution is 6.71. The summed E-state index contributed by atoms with van der Waals surface area (Å²) in [5.41, 5.74) is 0.572. The molecule has 0 saturated carbocycles. The Hall–Kier alpha value is -1.10. The van der Waals surface area contributed by atoms with Gasteiger partial charge in [-0.2, -0.15) is 0 Å². The van der Waals surface area contributed by atoms with Crippen molar-refractivity contribution in [2.24, 2.45) is 0 Å². The molecule has 13 heavy (non-hydrogen) atoms. The fourth-order valence-electron chi connectivity index (χ4n) is 0.822. The molecule has 0 radical (unpaired) electrons. The first-order valence-electron chi connectivity index (χ1n) is 4.03. The molecule has 72 valence electrons. The highest BCUT2D eigenvalue weighted by atomic mass is 28.4. The lowest BCUT2D eigenvalue weighted by molar-refractivity contribution is 0.0690. The number of aryl methyl sites for hydroxylation is 1. The van der Waals surface area contributed by atoms with Crippen LogP contribution in [0.2, 0.25) is 19.6 Å². The minimum atomic E-state index is -1.84. The van der Waals surface area contributed by atoms with Crippen molar-refractivity contribution >= 4 is 14.3 Å². The summed E-state index contributed by atoms with van der Waals surface area (Å²) in [7, 11) is -1.84.